The van der Waals surface area contributed by atoms with E-state index in [0.717, 1.165) is 32.1 Å². The first-order valence-corrected chi connectivity index (χ1v) is 23.4. The van der Waals surface area contributed by atoms with Crippen LogP contribution in [0.5, 0.6) is 0 Å². The van der Waals surface area contributed by atoms with Crippen molar-refractivity contribution in [2.45, 2.75) is 236 Å². The molecule has 0 aromatic carbocycles. The second-order valence-electron chi connectivity index (χ2n) is 15.5. The lowest BCUT2D eigenvalue weighted by Gasteiger charge is -2.41. The normalized spacial score (nSPS) is 23.7. The summed E-state index contributed by atoms with van der Waals surface area (Å²) >= 11 is 0. The van der Waals surface area contributed by atoms with Crippen LogP contribution in [0.25, 0.3) is 0 Å². The van der Waals surface area contributed by atoms with Crippen LogP contribution in [-0.2, 0) is 23.1 Å². The van der Waals surface area contributed by atoms with Gasteiger partial charge in [-0.3, -0.25) is 9.05 Å². The first-order valence-electron chi connectivity index (χ1n) is 21.9. The minimum Gasteiger partial charge on any atom is -0.387 e. The molecule has 0 aromatic rings. The molecule has 318 valence electrons. The molecular formula is C41H83O11P. The molecule has 1 aliphatic carbocycles. The summed E-state index contributed by atoms with van der Waals surface area (Å²) in [6, 6.07) is 0. The molecule has 6 N–H and O–H groups in total. The van der Waals surface area contributed by atoms with Gasteiger partial charge in [0, 0.05) is 13.2 Å². The monoisotopic (exact) mass is 783 g/mol. The zero-order valence-electron chi connectivity index (χ0n) is 33.8. The fraction of sp³-hybridized carbons (Fsp3) is 1.00. The molecular weight excluding hydrogens is 699 g/mol. The van der Waals surface area contributed by atoms with E-state index in [4.69, 9.17) is 18.5 Å². The highest BCUT2D eigenvalue weighted by atomic mass is 31.2. The van der Waals surface area contributed by atoms with Gasteiger partial charge in [0.1, 0.15) is 42.7 Å². The topological polar surface area (TPSA) is 175 Å². The van der Waals surface area contributed by atoms with Crippen LogP contribution >= 0.6 is 7.82 Å². The van der Waals surface area contributed by atoms with Crippen molar-refractivity contribution >= 4 is 7.82 Å². The van der Waals surface area contributed by atoms with Crippen LogP contribution < -0.4 is 0 Å². The highest BCUT2D eigenvalue weighted by molar-refractivity contribution is 7.47. The first-order chi connectivity index (χ1) is 25.6. The van der Waals surface area contributed by atoms with Crippen molar-refractivity contribution in [1.82, 2.24) is 0 Å². The summed E-state index contributed by atoms with van der Waals surface area (Å²) in [5, 5.41) is 50.1. The van der Waals surface area contributed by atoms with Gasteiger partial charge in [-0.1, -0.05) is 181 Å². The number of rotatable bonds is 38. The number of hydrogen-bond acceptors (Lipinski definition) is 10. The zero-order chi connectivity index (χ0) is 39.0. The molecule has 1 saturated carbocycles. The lowest BCUT2D eigenvalue weighted by Crippen LogP contribution is -2.64. The Morgan fingerprint density at radius 1 is 0.453 bits per heavy atom. The third kappa shape index (κ3) is 26.4. The van der Waals surface area contributed by atoms with Crippen LogP contribution in [0.2, 0.25) is 0 Å². The fourth-order valence-corrected chi connectivity index (χ4v) is 7.96. The Kier molecular flexibility index (Phi) is 32.5. The summed E-state index contributed by atoms with van der Waals surface area (Å²) < 4.78 is 34.8. The third-order valence-electron chi connectivity index (χ3n) is 10.5. The molecule has 0 bridgehead atoms. The molecule has 0 radical (unpaired) electrons. The Morgan fingerprint density at radius 2 is 0.774 bits per heavy atom. The average molecular weight is 783 g/mol. The third-order valence-corrected chi connectivity index (χ3v) is 11.5. The number of ether oxygens (including phenoxy) is 2. The standard InChI is InChI=1S/C41H83O11P/c1-3-5-7-9-11-13-15-17-19-21-23-25-27-29-31-49-33-35(50-32-30-28-26-24-22-20-18-16-14-12-10-8-6-4-2)34-51-53(47,48)52-41-39(45)37(43)36(42)38(44)40(41)46/h35-46H,3-34H2,1-2H3,(H,47,48)/t35-,36?,37-,38+,39-,40-,41?/m1/s1. The predicted molar refractivity (Wildman–Crippen MR) is 212 cm³/mol. The average Bonchev–Trinajstić information content (AvgIpc) is 3.15. The van der Waals surface area contributed by atoms with Crippen molar-refractivity contribution in [2.24, 2.45) is 0 Å². The van der Waals surface area contributed by atoms with E-state index in [9.17, 15) is 35.0 Å². The van der Waals surface area contributed by atoms with Crippen molar-refractivity contribution in [3.63, 3.8) is 0 Å². The zero-order valence-corrected chi connectivity index (χ0v) is 34.7. The maximum Gasteiger partial charge on any atom is 0.472 e. The van der Waals surface area contributed by atoms with E-state index < -0.39 is 50.6 Å². The number of hydrogen-bond donors (Lipinski definition) is 6. The molecule has 11 nitrogen and oxygen atoms in total. The Bertz CT molecular complexity index is 837. The highest BCUT2D eigenvalue weighted by Gasteiger charge is 2.51. The molecule has 0 aliphatic heterocycles. The quantitative estimate of drug-likeness (QED) is 0.0261. The Morgan fingerprint density at radius 3 is 1.15 bits per heavy atom. The summed E-state index contributed by atoms with van der Waals surface area (Å²) in [6.45, 7) is 5.32. The second kappa shape index (κ2) is 33.9. The molecule has 1 aliphatic rings. The Labute approximate surface area is 323 Å². The maximum absolute atomic E-state index is 12.8. The molecule has 0 amide bonds. The van der Waals surface area contributed by atoms with Crippen LogP contribution in [0.3, 0.4) is 0 Å². The van der Waals surface area contributed by atoms with Gasteiger partial charge in [-0.25, -0.2) is 4.57 Å². The van der Waals surface area contributed by atoms with E-state index in [2.05, 4.69) is 13.8 Å². The number of unbranched alkanes of at least 4 members (excludes halogenated alkanes) is 26. The lowest BCUT2D eigenvalue weighted by molar-refractivity contribution is -0.220. The van der Waals surface area contributed by atoms with Gasteiger partial charge in [-0.05, 0) is 12.8 Å². The molecule has 0 aromatic heterocycles. The molecule has 0 saturated heterocycles. The van der Waals surface area contributed by atoms with E-state index >= 15 is 0 Å². The van der Waals surface area contributed by atoms with E-state index in [1.807, 2.05) is 0 Å². The lowest BCUT2D eigenvalue weighted by atomic mass is 9.85. The first kappa shape index (κ1) is 50.8. The van der Waals surface area contributed by atoms with E-state index in [0.29, 0.717) is 13.2 Å². The van der Waals surface area contributed by atoms with Gasteiger partial charge < -0.3 is 39.9 Å². The van der Waals surface area contributed by atoms with Crippen LogP contribution in [0, 0.1) is 0 Å². The van der Waals surface area contributed by atoms with Gasteiger partial charge in [0.25, 0.3) is 0 Å². The summed E-state index contributed by atoms with van der Waals surface area (Å²) in [4.78, 5) is 10.4. The largest absolute Gasteiger partial charge is 0.472 e. The van der Waals surface area contributed by atoms with Gasteiger partial charge in [-0.15, -0.1) is 0 Å². The molecule has 0 heterocycles. The number of phosphoric acid groups is 1. The minimum absolute atomic E-state index is 0.162. The van der Waals surface area contributed by atoms with Gasteiger partial charge in [0.05, 0.1) is 13.2 Å². The summed E-state index contributed by atoms with van der Waals surface area (Å²) in [7, 11) is -4.87. The molecule has 3 unspecified atom stereocenters. The number of aliphatic hydroxyl groups excluding tert-OH is 5. The summed E-state index contributed by atoms with van der Waals surface area (Å²) in [6.07, 6.45) is 23.4. The van der Waals surface area contributed by atoms with Crippen molar-refractivity contribution < 1.29 is 53.5 Å². The SMILES string of the molecule is CCCCCCCCCCCCCCCCOC[C@H](COP(=O)(O)OC1[C@H](O)[C@H](O)C(O)[C@H](O)[C@H]1O)OCCCCCCCCCCCCCCCC. The predicted octanol–water partition coefficient (Wildman–Crippen LogP) is 8.67. The molecule has 1 fully saturated rings. The molecule has 8 atom stereocenters. The van der Waals surface area contributed by atoms with Gasteiger partial charge in [-0.2, -0.15) is 0 Å². The maximum atomic E-state index is 12.8. The van der Waals surface area contributed by atoms with Crippen molar-refractivity contribution in [3.05, 3.63) is 0 Å². The van der Waals surface area contributed by atoms with E-state index in [-0.39, 0.29) is 13.2 Å². The second-order valence-corrected chi connectivity index (χ2v) is 17.0. The van der Waals surface area contributed by atoms with Crippen molar-refractivity contribution in [3.8, 4) is 0 Å². The Hall–Kier alpha value is -0.170. The van der Waals surface area contributed by atoms with Crippen LogP contribution in [0.4, 0.5) is 0 Å². The molecule has 0 spiro atoms. The number of phosphoric ester groups is 1. The highest BCUT2D eigenvalue weighted by Crippen LogP contribution is 2.47. The van der Waals surface area contributed by atoms with Gasteiger partial charge >= 0.3 is 7.82 Å². The number of aliphatic hydroxyl groups is 5. The van der Waals surface area contributed by atoms with Crippen molar-refractivity contribution in [1.29, 1.82) is 0 Å². The molecule has 1 rings (SSSR count). The molecule has 12 heteroatoms. The summed E-state index contributed by atoms with van der Waals surface area (Å²) in [5.74, 6) is 0. The Balaban J connectivity index is 2.34. The minimum atomic E-state index is -4.87. The van der Waals surface area contributed by atoms with Crippen LogP contribution in [-0.4, -0.2) is 99.6 Å². The van der Waals surface area contributed by atoms with Gasteiger partial charge in [0.15, 0.2) is 0 Å². The van der Waals surface area contributed by atoms with Crippen LogP contribution in [0.1, 0.15) is 194 Å². The van der Waals surface area contributed by atoms with Crippen molar-refractivity contribution in [2.75, 3.05) is 26.4 Å². The van der Waals surface area contributed by atoms with E-state index in [1.54, 1.807) is 0 Å². The fourth-order valence-electron chi connectivity index (χ4n) is 6.99. The van der Waals surface area contributed by atoms with E-state index in [1.165, 1.54) is 148 Å². The summed E-state index contributed by atoms with van der Waals surface area (Å²) in [5.41, 5.74) is 0. The van der Waals surface area contributed by atoms with Gasteiger partial charge in [0.2, 0.25) is 0 Å². The smallest absolute Gasteiger partial charge is 0.387 e. The molecule has 53 heavy (non-hydrogen) atoms. The van der Waals surface area contributed by atoms with Crippen LogP contribution in [0.15, 0.2) is 0 Å².